The molecule has 0 bridgehead atoms. The fraction of sp³-hybridized carbons (Fsp3) is 0.833. The van der Waals surface area contributed by atoms with Crippen LogP contribution in [0.3, 0.4) is 0 Å². The molecule has 1 N–H and O–H groups in total. The summed E-state index contributed by atoms with van der Waals surface area (Å²) in [6.45, 7) is 2.17. The summed E-state index contributed by atoms with van der Waals surface area (Å²) in [4.78, 5) is 0. The predicted octanol–water partition coefficient (Wildman–Crippen LogP) is 4.28. The summed E-state index contributed by atoms with van der Waals surface area (Å²) in [6, 6.07) is 0. The molecule has 0 unspecified atom stereocenters. The third-order valence-corrected chi connectivity index (χ3v) is 0.952. The van der Waals surface area contributed by atoms with Gasteiger partial charge in [-0.25, -0.2) is 0 Å². The van der Waals surface area contributed by atoms with E-state index in [1.54, 1.807) is 0 Å². The van der Waals surface area contributed by atoms with Crippen LogP contribution in [0.1, 0.15) is 32.6 Å². The van der Waals surface area contributed by atoms with Crippen molar-refractivity contribution in [2.24, 2.45) is 0 Å². The normalized spacial score (nSPS) is 9.64. The first-order chi connectivity index (χ1) is 5.15. The van der Waals surface area contributed by atoms with Gasteiger partial charge in [-0.2, -0.15) is 0 Å². The van der Waals surface area contributed by atoms with Crippen LogP contribution in [0.2, 0.25) is 0 Å². The molecule has 0 aromatic rings. The van der Waals surface area contributed by atoms with Crippen LogP contribution in [0.15, 0.2) is 0 Å². The van der Waals surface area contributed by atoms with E-state index in [2.05, 4.69) is 6.92 Å². The van der Waals surface area contributed by atoms with Gasteiger partial charge in [0, 0.05) is 0 Å². The molecule has 0 aliphatic carbocycles. The Morgan fingerprint density at radius 1 is 1.27 bits per heavy atom. The fourth-order valence-electron chi connectivity index (χ4n) is 0.496. The van der Waals surface area contributed by atoms with E-state index >= 15 is 0 Å². The molecule has 0 spiro atoms. The molecular weight excluding hydrogens is 251 g/mol. The number of hydrogen-bond donors (Lipinski definition) is 1. The van der Waals surface area contributed by atoms with Crippen molar-refractivity contribution in [2.75, 3.05) is 0 Å². The van der Waals surface area contributed by atoms with E-state index in [1.807, 2.05) is 0 Å². The number of hydrogen-bond acceptors (Lipinski definition) is 1. The van der Waals surface area contributed by atoms with Gasteiger partial charge >= 0.3 is 41.4 Å². The van der Waals surface area contributed by atoms with Crippen LogP contribution in [-0.2, 0) is 10.9 Å². The van der Waals surface area contributed by atoms with Gasteiger partial charge in [0.1, 0.15) is 0 Å². The van der Waals surface area contributed by atoms with Crippen LogP contribution < -0.4 is 0 Å². The molecule has 0 radical (unpaired) electrons. The van der Waals surface area contributed by atoms with Crippen molar-refractivity contribution in [3.05, 3.63) is 0 Å². The molecule has 72 valence electrons. The molecule has 0 rings (SSSR count). The molecule has 5 heteroatoms. The van der Waals surface area contributed by atoms with Crippen LogP contribution in [0.25, 0.3) is 0 Å². The summed E-state index contributed by atoms with van der Waals surface area (Å²) >= 11 is 0. The van der Waals surface area contributed by atoms with E-state index in [0.29, 0.717) is 0 Å². The Kier molecular flexibility index (Phi) is 18.0. The van der Waals surface area contributed by atoms with Gasteiger partial charge in [0.2, 0.25) is 0 Å². The first kappa shape index (κ1) is 14.6. The Bertz CT molecular complexity index is 77.5. The number of unbranched alkanes of at least 4 members (excludes halogenated alkanes) is 3. The van der Waals surface area contributed by atoms with E-state index in [4.69, 9.17) is 35.8 Å². The third kappa shape index (κ3) is 35.5. The molecular formula is C6H13Cl3CoN. The van der Waals surface area contributed by atoms with Crippen LogP contribution in [0.5, 0.6) is 0 Å². The van der Waals surface area contributed by atoms with Gasteiger partial charge in [-0.05, 0) is 19.1 Å². The summed E-state index contributed by atoms with van der Waals surface area (Å²) in [5.41, 5.74) is 0. The topological polar surface area (TPSA) is 23.9 Å². The molecule has 0 aromatic heterocycles. The summed E-state index contributed by atoms with van der Waals surface area (Å²) in [7, 11) is 13.4. The molecule has 0 heterocycles. The van der Waals surface area contributed by atoms with E-state index in [0.717, 1.165) is 6.42 Å². The Hall–Kier alpha value is 1.05. The maximum absolute atomic E-state index is 6.66. The zero-order valence-electron chi connectivity index (χ0n) is 6.37. The molecule has 0 amide bonds. The van der Waals surface area contributed by atoms with E-state index in [9.17, 15) is 0 Å². The first-order valence-corrected chi connectivity index (χ1v) is 7.58. The summed E-state index contributed by atoms with van der Waals surface area (Å²) < 4.78 is 0. The second-order valence-corrected chi connectivity index (χ2v) is 7.00. The van der Waals surface area contributed by atoms with Crippen molar-refractivity contribution in [3.8, 4) is 0 Å². The molecule has 0 aliphatic rings. The first-order valence-electron chi connectivity index (χ1n) is 3.28. The zero-order valence-corrected chi connectivity index (χ0v) is 9.68. The van der Waals surface area contributed by atoms with E-state index < -0.39 is 10.9 Å². The van der Waals surface area contributed by atoms with Crippen molar-refractivity contribution < 1.29 is 10.9 Å². The molecule has 0 aliphatic heterocycles. The minimum absolute atomic E-state index is 0.966. The van der Waals surface area contributed by atoms with Crippen LogP contribution >= 0.6 is 30.4 Å². The maximum atomic E-state index is 6.66. The molecule has 0 atom stereocenters. The van der Waals surface area contributed by atoms with Crippen LogP contribution in [0, 0.1) is 5.41 Å². The molecule has 0 aromatic carbocycles. The Morgan fingerprint density at radius 3 is 2.00 bits per heavy atom. The van der Waals surface area contributed by atoms with Crippen molar-refractivity contribution in [2.45, 2.75) is 32.6 Å². The zero-order chi connectivity index (χ0) is 9.11. The molecule has 0 fully saturated rings. The van der Waals surface area contributed by atoms with Gasteiger partial charge < -0.3 is 5.41 Å². The van der Waals surface area contributed by atoms with Crippen molar-refractivity contribution in [3.63, 3.8) is 0 Å². The van der Waals surface area contributed by atoms with Gasteiger partial charge in [0.25, 0.3) is 0 Å². The van der Waals surface area contributed by atoms with Crippen molar-refractivity contribution >= 4 is 36.7 Å². The standard InChI is InChI=1S/C6H13N.3ClH.Co/c1-2-3-4-5-6-7;;;;/h6-7H,2-5H2,1H3;3*1H;/q;;;;+3/p-3. The molecule has 0 saturated heterocycles. The van der Waals surface area contributed by atoms with Gasteiger partial charge in [-0.3, -0.25) is 0 Å². The Balaban J connectivity index is 0. The second kappa shape index (κ2) is 13.6. The van der Waals surface area contributed by atoms with Crippen molar-refractivity contribution in [1.82, 2.24) is 0 Å². The monoisotopic (exact) mass is 263 g/mol. The average molecular weight is 264 g/mol. The SMILES string of the molecule is CCCCCC=N.[Cl][Co]([Cl])[Cl]. The Morgan fingerprint density at radius 2 is 1.73 bits per heavy atom. The van der Waals surface area contributed by atoms with E-state index in [-0.39, 0.29) is 0 Å². The number of halogens is 3. The predicted molar refractivity (Wildman–Crippen MR) is 50.5 cm³/mol. The van der Waals surface area contributed by atoms with Gasteiger partial charge in [-0.15, -0.1) is 0 Å². The third-order valence-electron chi connectivity index (χ3n) is 0.952. The number of nitrogens with one attached hydrogen (secondary N) is 1. The minimum atomic E-state index is -1.19. The van der Waals surface area contributed by atoms with Gasteiger partial charge in [0.05, 0.1) is 0 Å². The fourth-order valence-corrected chi connectivity index (χ4v) is 0.496. The molecule has 0 saturated carbocycles. The van der Waals surface area contributed by atoms with Gasteiger partial charge in [-0.1, -0.05) is 19.8 Å². The quantitative estimate of drug-likeness (QED) is 0.579. The van der Waals surface area contributed by atoms with Gasteiger partial charge in [0.15, 0.2) is 0 Å². The molecule has 11 heavy (non-hydrogen) atoms. The summed E-state index contributed by atoms with van der Waals surface area (Å²) in [6.07, 6.45) is 6.17. The van der Waals surface area contributed by atoms with E-state index in [1.165, 1.54) is 25.5 Å². The summed E-state index contributed by atoms with van der Waals surface area (Å²) in [5, 5.41) is 6.66. The van der Waals surface area contributed by atoms with Crippen LogP contribution in [-0.4, -0.2) is 6.21 Å². The van der Waals surface area contributed by atoms with Crippen molar-refractivity contribution in [1.29, 1.82) is 5.41 Å². The summed E-state index contributed by atoms with van der Waals surface area (Å²) in [5.74, 6) is 0. The molecule has 1 nitrogen and oxygen atoms in total. The Labute approximate surface area is 85.4 Å². The van der Waals surface area contributed by atoms with Crippen LogP contribution in [0.4, 0.5) is 0 Å². The second-order valence-electron chi connectivity index (χ2n) is 1.84. The average Bonchev–Trinajstić information content (AvgIpc) is 1.88. The number of rotatable bonds is 4.